The molecular weight excluding hydrogens is 290 g/mol. The van der Waals surface area contributed by atoms with Crippen LogP contribution in [0.1, 0.15) is 73.6 Å². The lowest BCUT2D eigenvalue weighted by atomic mass is 9.97. The average Bonchev–Trinajstić information content (AvgIpc) is 2.58. The van der Waals surface area contributed by atoms with Crippen LogP contribution in [0.3, 0.4) is 0 Å². The van der Waals surface area contributed by atoms with Crippen LogP contribution in [0.15, 0.2) is 18.2 Å². The molecular formula is C19H29NO3. The quantitative estimate of drug-likeness (QED) is 0.476. The minimum Gasteiger partial charge on any atom is -0.496 e. The van der Waals surface area contributed by atoms with E-state index in [9.17, 15) is 9.59 Å². The van der Waals surface area contributed by atoms with E-state index >= 15 is 0 Å². The zero-order valence-electron chi connectivity index (χ0n) is 14.9. The molecule has 0 unspecified atom stereocenters. The SMILES string of the molecule is CCCCCCC(=O)c1cccc(OC)c1C(=O)N(CC)CC. The van der Waals surface area contributed by atoms with Crippen molar-refractivity contribution in [3.63, 3.8) is 0 Å². The van der Waals surface area contributed by atoms with Gasteiger partial charge in [-0.2, -0.15) is 0 Å². The number of carbonyl (C=O) groups is 2. The monoisotopic (exact) mass is 319 g/mol. The lowest BCUT2D eigenvalue weighted by Gasteiger charge is -2.21. The standard InChI is InChI=1S/C19H29NO3/c1-5-8-9-10-13-16(21)15-12-11-14-17(23-4)18(15)19(22)20(6-2)7-3/h11-12,14H,5-10,13H2,1-4H3. The maximum absolute atomic E-state index is 12.8. The highest BCUT2D eigenvalue weighted by Crippen LogP contribution is 2.25. The maximum atomic E-state index is 12.8. The van der Waals surface area contributed by atoms with Gasteiger partial charge < -0.3 is 9.64 Å². The number of benzene rings is 1. The first-order valence-corrected chi connectivity index (χ1v) is 8.60. The molecule has 0 atom stereocenters. The second-order valence-corrected chi connectivity index (χ2v) is 5.59. The summed E-state index contributed by atoms with van der Waals surface area (Å²) in [5.41, 5.74) is 0.886. The maximum Gasteiger partial charge on any atom is 0.258 e. The van der Waals surface area contributed by atoms with Crippen molar-refractivity contribution >= 4 is 11.7 Å². The molecule has 4 nitrogen and oxygen atoms in total. The Morgan fingerprint density at radius 2 is 1.74 bits per heavy atom. The van der Waals surface area contributed by atoms with Gasteiger partial charge in [0.25, 0.3) is 5.91 Å². The van der Waals surface area contributed by atoms with E-state index in [2.05, 4.69) is 6.92 Å². The summed E-state index contributed by atoms with van der Waals surface area (Å²) in [6.07, 6.45) is 4.66. The molecule has 0 fully saturated rings. The molecule has 0 spiro atoms. The number of ether oxygens (including phenoxy) is 1. The second kappa shape index (κ2) is 10.0. The fourth-order valence-corrected chi connectivity index (χ4v) is 2.67. The molecule has 1 amide bonds. The van der Waals surface area contributed by atoms with Crippen molar-refractivity contribution < 1.29 is 14.3 Å². The Labute approximate surface area is 139 Å². The normalized spacial score (nSPS) is 10.4. The second-order valence-electron chi connectivity index (χ2n) is 5.59. The van der Waals surface area contributed by atoms with Gasteiger partial charge in [0.15, 0.2) is 5.78 Å². The van der Waals surface area contributed by atoms with Crippen LogP contribution >= 0.6 is 0 Å². The topological polar surface area (TPSA) is 46.6 Å². The summed E-state index contributed by atoms with van der Waals surface area (Å²) in [6.45, 7) is 7.23. The summed E-state index contributed by atoms with van der Waals surface area (Å²) in [7, 11) is 1.53. The van der Waals surface area contributed by atoms with E-state index in [0.29, 0.717) is 36.4 Å². The van der Waals surface area contributed by atoms with Crippen LogP contribution < -0.4 is 4.74 Å². The van der Waals surface area contributed by atoms with E-state index in [-0.39, 0.29) is 11.7 Å². The molecule has 0 aliphatic heterocycles. The molecule has 0 aliphatic rings. The Hall–Kier alpha value is -1.84. The first-order chi connectivity index (χ1) is 11.1. The number of carbonyl (C=O) groups excluding carboxylic acids is 2. The van der Waals surface area contributed by atoms with Crippen molar-refractivity contribution in [3.05, 3.63) is 29.3 Å². The van der Waals surface area contributed by atoms with Gasteiger partial charge in [-0.05, 0) is 26.3 Å². The number of rotatable bonds is 10. The molecule has 4 heteroatoms. The Balaban J connectivity index is 3.07. The van der Waals surface area contributed by atoms with Crippen molar-refractivity contribution in [2.45, 2.75) is 52.9 Å². The Morgan fingerprint density at radius 1 is 1.04 bits per heavy atom. The van der Waals surface area contributed by atoms with Crippen LogP contribution in [0, 0.1) is 0 Å². The van der Waals surface area contributed by atoms with Crippen molar-refractivity contribution in [2.24, 2.45) is 0 Å². The highest BCUT2D eigenvalue weighted by atomic mass is 16.5. The van der Waals surface area contributed by atoms with Crippen LogP contribution in [0.2, 0.25) is 0 Å². The van der Waals surface area contributed by atoms with Gasteiger partial charge in [-0.1, -0.05) is 38.3 Å². The molecule has 0 heterocycles. The third-order valence-electron chi connectivity index (χ3n) is 4.07. The van der Waals surface area contributed by atoms with Crippen molar-refractivity contribution in [2.75, 3.05) is 20.2 Å². The third kappa shape index (κ3) is 5.08. The minimum absolute atomic E-state index is 0.0236. The highest BCUT2D eigenvalue weighted by Gasteiger charge is 2.24. The predicted octanol–water partition coefficient (Wildman–Crippen LogP) is 4.33. The molecule has 0 N–H and O–H groups in total. The molecule has 0 radical (unpaired) electrons. The number of unbranched alkanes of at least 4 members (excludes halogenated alkanes) is 3. The number of nitrogens with zero attached hydrogens (tertiary/aromatic N) is 1. The number of hydrogen-bond acceptors (Lipinski definition) is 3. The number of ketones is 1. The molecule has 0 aliphatic carbocycles. The van der Waals surface area contributed by atoms with E-state index in [4.69, 9.17) is 4.74 Å². The summed E-state index contributed by atoms with van der Waals surface area (Å²) in [6, 6.07) is 5.25. The van der Waals surface area contributed by atoms with Gasteiger partial charge in [-0.15, -0.1) is 0 Å². The third-order valence-corrected chi connectivity index (χ3v) is 4.07. The Morgan fingerprint density at radius 3 is 2.30 bits per heavy atom. The molecule has 0 saturated heterocycles. The van der Waals surface area contributed by atoms with Crippen molar-refractivity contribution in [1.82, 2.24) is 4.90 Å². The van der Waals surface area contributed by atoms with Crippen LogP contribution in [0.4, 0.5) is 0 Å². The Bertz CT molecular complexity index is 521. The summed E-state index contributed by atoms with van der Waals surface area (Å²) in [5, 5.41) is 0. The average molecular weight is 319 g/mol. The van der Waals surface area contributed by atoms with Gasteiger partial charge in [0, 0.05) is 25.1 Å². The van der Waals surface area contributed by atoms with Gasteiger partial charge in [-0.3, -0.25) is 9.59 Å². The van der Waals surface area contributed by atoms with Crippen LogP contribution in [-0.2, 0) is 0 Å². The smallest absolute Gasteiger partial charge is 0.258 e. The summed E-state index contributed by atoms with van der Waals surface area (Å²) in [4.78, 5) is 27.1. The summed E-state index contributed by atoms with van der Waals surface area (Å²) in [5.74, 6) is 0.362. The number of Topliss-reactive ketones (excluding diaryl/α,β-unsaturated/α-hetero) is 1. The summed E-state index contributed by atoms with van der Waals surface area (Å²) < 4.78 is 5.34. The molecule has 1 aromatic carbocycles. The number of amides is 1. The molecule has 0 aromatic heterocycles. The molecule has 23 heavy (non-hydrogen) atoms. The van der Waals surface area contributed by atoms with Gasteiger partial charge in [0.1, 0.15) is 5.75 Å². The van der Waals surface area contributed by atoms with Gasteiger partial charge >= 0.3 is 0 Å². The Kier molecular flexibility index (Phi) is 8.38. The van der Waals surface area contributed by atoms with Crippen LogP contribution in [0.5, 0.6) is 5.75 Å². The fourth-order valence-electron chi connectivity index (χ4n) is 2.67. The largest absolute Gasteiger partial charge is 0.496 e. The van der Waals surface area contributed by atoms with Gasteiger partial charge in [0.05, 0.1) is 12.7 Å². The van der Waals surface area contributed by atoms with Crippen LogP contribution in [0.25, 0.3) is 0 Å². The van der Waals surface area contributed by atoms with Gasteiger partial charge in [-0.25, -0.2) is 0 Å². The van der Waals surface area contributed by atoms with Gasteiger partial charge in [0.2, 0.25) is 0 Å². The highest BCUT2D eigenvalue weighted by molar-refractivity contribution is 6.09. The lowest BCUT2D eigenvalue weighted by molar-refractivity contribution is 0.0763. The first kappa shape index (κ1) is 19.2. The fraction of sp³-hybridized carbons (Fsp3) is 0.579. The van der Waals surface area contributed by atoms with Crippen molar-refractivity contribution in [3.8, 4) is 5.75 Å². The molecule has 0 bridgehead atoms. The van der Waals surface area contributed by atoms with E-state index < -0.39 is 0 Å². The van der Waals surface area contributed by atoms with Crippen molar-refractivity contribution in [1.29, 1.82) is 0 Å². The molecule has 1 rings (SSSR count). The molecule has 128 valence electrons. The van der Waals surface area contributed by atoms with E-state index in [0.717, 1.165) is 25.7 Å². The van der Waals surface area contributed by atoms with Crippen LogP contribution in [-0.4, -0.2) is 36.8 Å². The first-order valence-electron chi connectivity index (χ1n) is 8.60. The van der Waals surface area contributed by atoms with E-state index in [1.165, 1.54) is 7.11 Å². The van der Waals surface area contributed by atoms with E-state index in [1.54, 1.807) is 23.1 Å². The zero-order valence-corrected chi connectivity index (χ0v) is 14.9. The molecule has 0 saturated carbocycles. The van der Waals surface area contributed by atoms with E-state index in [1.807, 2.05) is 13.8 Å². The number of methoxy groups -OCH3 is 1. The summed E-state index contributed by atoms with van der Waals surface area (Å²) >= 11 is 0. The predicted molar refractivity (Wildman–Crippen MR) is 93.3 cm³/mol. The molecule has 1 aromatic rings. The zero-order chi connectivity index (χ0) is 17.2. The minimum atomic E-state index is -0.135. The lowest BCUT2D eigenvalue weighted by Crippen LogP contribution is -2.32. The number of hydrogen-bond donors (Lipinski definition) is 0.